The maximum atomic E-state index is 5.19. The topological polar surface area (TPSA) is 9.23 Å². The molecule has 0 unspecified atom stereocenters. The van der Waals surface area contributed by atoms with Crippen molar-refractivity contribution in [2.45, 2.75) is 19.8 Å². The second-order valence-electron chi connectivity index (χ2n) is 2.34. The molecule has 0 saturated carbocycles. The molecule has 50 valence electrons. The van der Waals surface area contributed by atoms with E-state index < -0.39 is 0 Å². The van der Waals surface area contributed by atoms with Gasteiger partial charge in [0.2, 0.25) is 10.5 Å². The van der Waals surface area contributed by atoms with Gasteiger partial charge in [-0.2, -0.15) is 0 Å². The Morgan fingerprint density at radius 1 is 1.67 bits per heavy atom. The minimum atomic E-state index is 0.808. The Kier molecular flexibility index (Phi) is 2.11. The molecule has 2 heteroatoms. The molecule has 0 aromatic rings. The van der Waals surface area contributed by atoms with Gasteiger partial charge in [0.05, 0.1) is 5.76 Å². The van der Waals surface area contributed by atoms with Crippen LogP contribution in [0.2, 0.25) is 0 Å². The highest BCUT2D eigenvalue weighted by atomic mass is 28.2. The summed E-state index contributed by atoms with van der Waals surface area (Å²) in [7, 11) is 0.808. The molecule has 0 aromatic heterocycles. The SMILES string of the molecule is CC1=CC(O[SiH3])=CCC1. The number of hydrogen-bond acceptors (Lipinski definition) is 1. The molecule has 0 spiro atoms. The molecule has 1 nitrogen and oxygen atoms in total. The van der Waals surface area contributed by atoms with Gasteiger partial charge in [-0.05, 0) is 31.9 Å². The van der Waals surface area contributed by atoms with Crippen molar-refractivity contribution in [1.82, 2.24) is 0 Å². The highest BCUT2D eigenvalue weighted by Gasteiger charge is 1.98. The van der Waals surface area contributed by atoms with Gasteiger partial charge in [0.25, 0.3) is 0 Å². The molecule has 0 N–H and O–H groups in total. The van der Waals surface area contributed by atoms with E-state index in [1.54, 1.807) is 0 Å². The normalized spacial score (nSPS) is 18.8. The van der Waals surface area contributed by atoms with Gasteiger partial charge in [0.1, 0.15) is 0 Å². The van der Waals surface area contributed by atoms with Crippen molar-refractivity contribution in [2.24, 2.45) is 0 Å². The van der Waals surface area contributed by atoms with E-state index in [2.05, 4.69) is 19.1 Å². The minimum Gasteiger partial charge on any atom is -0.553 e. The van der Waals surface area contributed by atoms with Crippen molar-refractivity contribution < 1.29 is 4.43 Å². The van der Waals surface area contributed by atoms with E-state index in [1.807, 2.05) is 0 Å². The first-order valence-electron chi connectivity index (χ1n) is 3.24. The van der Waals surface area contributed by atoms with Crippen LogP contribution >= 0.6 is 0 Å². The van der Waals surface area contributed by atoms with Crippen molar-refractivity contribution >= 4 is 10.5 Å². The summed E-state index contributed by atoms with van der Waals surface area (Å²) >= 11 is 0. The molecule has 1 rings (SSSR count). The lowest BCUT2D eigenvalue weighted by atomic mass is 10.1. The standard InChI is InChI=1S/C7H12OSi/c1-6-3-2-4-7(5-6)8-9/h4-5H,2-3H2,1,9H3. The Hall–Kier alpha value is -0.503. The fourth-order valence-electron chi connectivity index (χ4n) is 0.958. The number of rotatable bonds is 1. The van der Waals surface area contributed by atoms with Crippen LogP contribution in [0, 0.1) is 0 Å². The van der Waals surface area contributed by atoms with Crippen molar-refractivity contribution in [2.75, 3.05) is 0 Å². The Balaban J connectivity index is 2.63. The quantitative estimate of drug-likeness (QED) is 0.492. The monoisotopic (exact) mass is 140 g/mol. The summed E-state index contributed by atoms with van der Waals surface area (Å²) in [5, 5.41) is 0. The average molecular weight is 140 g/mol. The van der Waals surface area contributed by atoms with E-state index in [1.165, 1.54) is 12.0 Å². The first kappa shape index (κ1) is 6.61. The molecule has 0 aliphatic heterocycles. The van der Waals surface area contributed by atoms with E-state index in [9.17, 15) is 0 Å². The Bertz CT molecular complexity index is 158. The average Bonchev–Trinajstić information content (AvgIpc) is 1.88. The lowest BCUT2D eigenvalue weighted by molar-refractivity contribution is 0.483. The first-order chi connectivity index (χ1) is 4.33. The van der Waals surface area contributed by atoms with Crippen LogP contribution in [-0.4, -0.2) is 10.5 Å². The van der Waals surface area contributed by atoms with E-state index in [4.69, 9.17) is 4.43 Å². The maximum absolute atomic E-state index is 5.19. The fourth-order valence-corrected chi connectivity index (χ4v) is 1.24. The van der Waals surface area contributed by atoms with Gasteiger partial charge in [-0.25, -0.2) is 0 Å². The molecule has 0 fully saturated rings. The second-order valence-corrected chi connectivity index (χ2v) is 2.75. The summed E-state index contributed by atoms with van der Waals surface area (Å²) in [6, 6.07) is 0. The third kappa shape index (κ3) is 1.71. The van der Waals surface area contributed by atoms with Gasteiger partial charge in [0.15, 0.2) is 0 Å². The highest BCUT2D eigenvalue weighted by Crippen LogP contribution is 2.15. The predicted octanol–water partition coefficient (Wildman–Crippen LogP) is 0.907. The molecule has 9 heavy (non-hydrogen) atoms. The lowest BCUT2D eigenvalue weighted by Gasteiger charge is -2.08. The van der Waals surface area contributed by atoms with Gasteiger partial charge >= 0.3 is 0 Å². The van der Waals surface area contributed by atoms with Crippen LogP contribution in [-0.2, 0) is 4.43 Å². The zero-order valence-electron chi connectivity index (χ0n) is 5.98. The molecule has 0 radical (unpaired) electrons. The van der Waals surface area contributed by atoms with E-state index >= 15 is 0 Å². The Labute approximate surface area is 59.0 Å². The number of allylic oxidation sites excluding steroid dienone is 3. The van der Waals surface area contributed by atoms with E-state index in [0.717, 1.165) is 22.7 Å². The first-order valence-corrected chi connectivity index (χ1v) is 4.06. The zero-order valence-corrected chi connectivity index (χ0v) is 7.98. The summed E-state index contributed by atoms with van der Waals surface area (Å²) in [4.78, 5) is 0. The van der Waals surface area contributed by atoms with Crippen molar-refractivity contribution in [3.8, 4) is 0 Å². The summed E-state index contributed by atoms with van der Waals surface area (Å²) in [5.41, 5.74) is 1.43. The van der Waals surface area contributed by atoms with Crippen LogP contribution in [0.5, 0.6) is 0 Å². The predicted molar refractivity (Wildman–Crippen MR) is 42.1 cm³/mol. The van der Waals surface area contributed by atoms with Crippen LogP contribution in [0.4, 0.5) is 0 Å². The third-order valence-corrected chi connectivity index (χ3v) is 1.98. The van der Waals surface area contributed by atoms with Gasteiger partial charge in [0, 0.05) is 0 Å². The van der Waals surface area contributed by atoms with Crippen LogP contribution in [0.1, 0.15) is 19.8 Å². The van der Waals surface area contributed by atoms with Gasteiger partial charge in [-0.1, -0.05) is 5.57 Å². The molecule has 1 aliphatic rings. The summed E-state index contributed by atoms with van der Waals surface area (Å²) in [6.45, 7) is 2.15. The van der Waals surface area contributed by atoms with Gasteiger partial charge < -0.3 is 4.43 Å². The van der Waals surface area contributed by atoms with Crippen LogP contribution in [0.3, 0.4) is 0 Å². The fraction of sp³-hybridized carbons (Fsp3) is 0.429. The Morgan fingerprint density at radius 3 is 2.89 bits per heavy atom. The molecule has 0 amide bonds. The van der Waals surface area contributed by atoms with Crippen LogP contribution in [0.15, 0.2) is 23.5 Å². The van der Waals surface area contributed by atoms with E-state index in [0.29, 0.717) is 0 Å². The van der Waals surface area contributed by atoms with Crippen molar-refractivity contribution in [1.29, 1.82) is 0 Å². The molecule has 0 saturated heterocycles. The largest absolute Gasteiger partial charge is 0.553 e. The summed E-state index contributed by atoms with van der Waals surface area (Å²) in [6.07, 6.45) is 6.63. The van der Waals surface area contributed by atoms with Gasteiger partial charge in [-0.3, -0.25) is 0 Å². The highest BCUT2D eigenvalue weighted by molar-refractivity contribution is 5.99. The molecular weight excluding hydrogens is 128 g/mol. The molecule has 1 aliphatic carbocycles. The van der Waals surface area contributed by atoms with Crippen molar-refractivity contribution in [3.05, 3.63) is 23.5 Å². The van der Waals surface area contributed by atoms with Gasteiger partial charge in [-0.15, -0.1) is 0 Å². The molecule has 0 heterocycles. The Morgan fingerprint density at radius 2 is 2.44 bits per heavy atom. The minimum absolute atomic E-state index is 0.808. The van der Waals surface area contributed by atoms with E-state index in [-0.39, 0.29) is 0 Å². The summed E-state index contributed by atoms with van der Waals surface area (Å²) < 4.78 is 5.19. The molecule has 0 atom stereocenters. The second kappa shape index (κ2) is 2.87. The maximum Gasteiger partial charge on any atom is 0.204 e. The lowest BCUT2D eigenvalue weighted by Crippen LogP contribution is -1.91. The third-order valence-electron chi connectivity index (χ3n) is 1.51. The molecule has 0 bridgehead atoms. The zero-order chi connectivity index (χ0) is 6.69. The van der Waals surface area contributed by atoms with Crippen LogP contribution in [0.25, 0.3) is 0 Å². The van der Waals surface area contributed by atoms with Crippen LogP contribution < -0.4 is 0 Å². The number of hydrogen-bond donors (Lipinski definition) is 0. The smallest absolute Gasteiger partial charge is 0.204 e. The molecular formula is C7H12OSi. The van der Waals surface area contributed by atoms with Crippen molar-refractivity contribution in [3.63, 3.8) is 0 Å². The summed E-state index contributed by atoms with van der Waals surface area (Å²) in [5.74, 6) is 1.07. The molecule has 0 aromatic carbocycles.